The first kappa shape index (κ1) is 11.7. The predicted molar refractivity (Wildman–Crippen MR) is 54.6 cm³/mol. The lowest BCUT2D eigenvalue weighted by Gasteiger charge is -2.06. The molecule has 0 saturated heterocycles. The Balaban J connectivity index is 2.92. The maximum atomic E-state index is 13.2. The van der Waals surface area contributed by atoms with Crippen LogP contribution in [0.4, 0.5) is 4.39 Å². The molecule has 0 radical (unpaired) electrons. The molecule has 0 amide bonds. The third kappa shape index (κ3) is 3.03. The van der Waals surface area contributed by atoms with E-state index in [0.29, 0.717) is 4.47 Å². The molecule has 0 aliphatic rings. The van der Waals surface area contributed by atoms with Gasteiger partial charge in [-0.1, -0.05) is 15.9 Å². The van der Waals surface area contributed by atoms with Crippen LogP contribution < -0.4 is 0 Å². The maximum absolute atomic E-state index is 13.2. The average molecular weight is 272 g/mol. The Morgan fingerprint density at radius 1 is 1.67 bits per heavy atom. The lowest BCUT2D eigenvalue weighted by molar-refractivity contribution is 0.0430. The number of hydrogen-bond donors (Lipinski definition) is 0. The van der Waals surface area contributed by atoms with Gasteiger partial charge in [-0.05, 0) is 25.1 Å². The van der Waals surface area contributed by atoms with E-state index in [1.807, 2.05) is 0 Å². The topological polar surface area (TPSA) is 50.1 Å². The number of nitrogens with zero attached hydrogens (tertiary/aromatic N) is 1. The summed E-state index contributed by atoms with van der Waals surface area (Å²) in [6.07, 6.45) is -0.893. The molecule has 0 spiro atoms. The number of benzene rings is 1. The molecule has 0 aliphatic heterocycles. The summed E-state index contributed by atoms with van der Waals surface area (Å²) in [5.41, 5.74) is -0.188. The van der Waals surface area contributed by atoms with Crippen LogP contribution in [0.1, 0.15) is 17.3 Å². The second-order valence-corrected chi connectivity index (χ2v) is 3.72. The van der Waals surface area contributed by atoms with Gasteiger partial charge >= 0.3 is 5.97 Å². The summed E-state index contributed by atoms with van der Waals surface area (Å²) in [5, 5.41) is 8.42. The number of rotatable bonds is 2. The minimum absolute atomic E-state index is 0.188. The molecule has 1 aromatic rings. The van der Waals surface area contributed by atoms with Crippen LogP contribution in [0, 0.1) is 17.1 Å². The molecule has 15 heavy (non-hydrogen) atoms. The van der Waals surface area contributed by atoms with Gasteiger partial charge in [0, 0.05) is 4.47 Å². The summed E-state index contributed by atoms with van der Waals surface area (Å²) in [4.78, 5) is 11.4. The molecular formula is C10H7BrFNO2. The van der Waals surface area contributed by atoms with E-state index in [-0.39, 0.29) is 5.56 Å². The molecule has 0 saturated carbocycles. The Labute approximate surface area is 94.6 Å². The van der Waals surface area contributed by atoms with Gasteiger partial charge in [0.2, 0.25) is 0 Å². The van der Waals surface area contributed by atoms with Crippen LogP contribution in [0.2, 0.25) is 0 Å². The fraction of sp³-hybridized carbons (Fsp3) is 0.200. The van der Waals surface area contributed by atoms with E-state index in [1.54, 1.807) is 6.07 Å². The van der Waals surface area contributed by atoms with Crippen LogP contribution in [0.15, 0.2) is 22.7 Å². The SMILES string of the molecule is CC(C#N)OC(=O)c1cc(Br)ccc1F. The van der Waals surface area contributed by atoms with Crippen molar-refractivity contribution < 1.29 is 13.9 Å². The summed E-state index contributed by atoms with van der Waals surface area (Å²) in [6, 6.07) is 5.65. The third-order valence-electron chi connectivity index (χ3n) is 1.61. The van der Waals surface area contributed by atoms with Crippen molar-refractivity contribution >= 4 is 21.9 Å². The Kier molecular flexibility index (Phi) is 3.81. The Morgan fingerprint density at radius 2 is 2.33 bits per heavy atom. The summed E-state index contributed by atoms with van der Waals surface area (Å²) in [5.74, 6) is -1.52. The number of ether oxygens (including phenoxy) is 1. The highest BCUT2D eigenvalue weighted by Crippen LogP contribution is 2.16. The summed E-state index contributed by atoms with van der Waals surface area (Å²) >= 11 is 3.11. The normalized spacial score (nSPS) is 11.6. The summed E-state index contributed by atoms with van der Waals surface area (Å²) in [7, 11) is 0. The van der Waals surface area contributed by atoms with Gasteiger partial charge < -0.3 is 4.74 Å². The predicted octanol–water partition coefficient (Wildman–Crippen LogP) is 2.66. The highest BCUT2D eigenvalue weighted by molar-refractivity contribution is 9.10. The Morgan fingerprint density at radius 3 is 2.93 bits per heavy atom. The Bertz CT molecular complexity index is 428. The minimum atomic E-state index is -0.893. The number of carbonyl (C=O) groups excluding carboxylic acids is 1. The van der Waals surface area contributed by atoms with Gasteiger partial charge in [-0.25, -0.2) is 9.18 Å². The molecule has 78 valence electrons. The van der Waals surface area contributed by atoms with Crippen molar-refractivity contribution in [3.8, 4) is 6.07 Å². The summed E-state index contributed by atoms with van der Waals surface area (Å²) in [6.45, 7) is 1.41. The van der Waals surface area contributed by atoms with Gasteiger partial charge in [-0.3, -0.25) is 0 Å². The molecule has 1 atom stereocenters. The van der Waals surface area contributed by atoms with Gasteiger partial charge in [-0.15, -0.1) is 0 Å². The highest BCUT2D eigenvalue weighted by Gasteiger charge is 2.16. The number of nitriles is 1. The van der Waals surface area contributed by atoms with Crippen molar-refractivity contribution in [1.82, 2.24) is 0 Å². The monoisotopic (exact) mass is 271 g/mol. The van der Waals surface area contributed by atoms with E-state index in [4.69, 9.17) is 5.26 Å². The van der Waals surface area contributed by atoms with Crippen LogP contribution in [0.25, 0.3) is 0 Å². The second kappa shape index (κ2) is 4.89. The van der Waals surface area contributed by atoms with Crippen LogP contribution in [0.3, 0.4) is 0 Å². The number of hydrogen-bond acceptors (Lipinski definition) is 3. The molecular weight excluding hydrogens is 265 g/mol. The Hall–Kier alpha value is -1.41. The molecule has 1 rings (SSSR count). The first-order valence-electron chi connectivity index (χ1n) is 4.10. The van der Waals surface area contributed by atoms with Crippen LogP contribution >= 0.6 is 15.9 Å². The standard InChI is InChI=1S/C10H7BrFNO2/c1-6(5-13)15-10(14)8-4-7(11)2-3-9(8)12/h2-4,6H,1H3. The molecule has 1 unspecified atom stereocenters. The molecule has 1 aromatic carbocycles. The van der Waals surface area contributed by atoms with Crippen molar-refractivity contribution in [2.75, 3.05) is 0 Å². The van der Waals surface area contributed by atoms with Crippen molar-refractivity contribution in [3.63, 3.8) is 0 Å². The quantitative estimate of drug-likeness (QED) is 0.777. The zero-order valence-electron chi connectivity index (χ0n) is 7.83. The van der Waals surface area contributed by atoms with E-state index < -0.39 is 17.9 Å². The van der Waals surface area contributed by atoms with Gasteiger partial charge in [-0.2, -0.15) is 5.26 Å². The van der Waals surface area contributed by atoms with Crippen molar-refractivity contribution in [2.45, 2.75) is 13.0 Å². The van der Waals surface area contributed by atoms with Crippen molar-refractivity contribution in [2.24, 2.45) is 0 Å². The lowest BCUT2D eigenvalue weighted by atomic mass is 10.2. The van der Waals surface area contributed by atoms with Crippen LogP contribution in [-0.4, -0.2) is 12.1 Å². The van der Waals surface area contributed by atoms with Gasteiger partial charge in [0.15, 0.2) is 6.10 Å². The van der Waals surface area contributed by atoms with E-state index in [2.05, 4.69) is 20.7 Å². The molecule has 0 heterocycles. The van der Waals surface area contributed by atoms with Crippen LogP contribution in [0.5, 0.6) is 0 Å². The first-order chi connectivity index (χ1) is 7.04. The summed E-state index contributed by atoms with van der Waals surface area (Å²) < 4.78 is 18.4. The highest BCUT2D eigenvalue weighted by atomic mass is 79.9. The maximum Gasteiger partial charge on any atom is 0.342 e. The molecule has 0 aliphatic carbocycles. The van der Waals surface area contributed by atoms with E-state index >= 15 is 0 Å². The average Bonchev–Trinajstić information content (AvgIpc) is 2.21. The largest absolute Gasteiger partial charge is 0.444 e. The molecule has 0 bridgehead atoms. The van der Waals surface area contributed by atoms with E-state index in [9.17, 15) is 9.18 Å². The van der Waals surface area contributed by atoms with E-state index in [0.717, 1.165) is 6.07 Å². The second-order valence-electron chi connectivity index (χ2n) is 2.80. The minimum Gasteiger partial charge on any atom is -0.444 e. The number of carbonyl (C=O) groups is 1. The molecule has 0 N–H and O–H groups in total. The third-order valence-corrected chi connectivity index (χ3v) is 2.11. The van der Waals surface area contributed by atoms with Crippen molar-refractivity contribution in [1.29, 1.82) is 5.26 Å². The van der Waals surface area contributed by atoms with Crippen molar-refractivity contribution in [3.05, 3.63) is 34.1 Å². The fourth-order valence-electron chi connectivity index (χ4n) is 0.904. The fourth-order valence-corrected chi connectivity index (χ4v) is 1.27. The molecule has 0 aromatic heterocycles. The zero-order valence-corrected chi connectivity index (χ0v) is 9.42. The molecule has 5 heteroatoms. The van der Waals surface area contributed by atoms with E-state index in [1.165, 1.54) is 19.1 Å². The smallest absolute Gasteiger partial charge is 0.342 e. The molecule has 3 nitrogen and oxygen atoms in total. The first-order valence-corrected chi connectivity index (χ1v) is 4.89. The molecule has 0 fully saturated rings. The lowest BCUT2D eigenvalue weighted by Crippen LogP contribution is -2.14. The van der Waals surface area contributed by atoms with Gasteiger partial charge in [0.25, 0.3) is 0 Å². The van der Waals surface area contributed by atoms with Gasteiger partial charge in [0.05, 0.1) is 5.56 Å². The number of halogens is 2. The zero-order chi connectivity index (χ0) is 11.4. The number of esters is 1. The van der Waals surface area contributed by atoms with Gasteiger partial charge in [0.1, 0.15) is 11.9 Å². The van der Waals surface area contributed by atoms with Crippen LogP contribution in [-0.2, 0) is 4.74 Å².